The molecule has 2 aromatic rings. The lowest BCUT2D eigenvalue weighted by Gasteiger charge is -2.40. The normalized spacial score (nSPS) is 16.9. The maximum Gasteiger partial charge on any atom is 0.414 e. The molecule has 0 fully saturated rings. The standard InChI is InChI=1S/C35H52ClN5O7Si/c1-21-16-23(40(11)31(42)46-33(2,3)4)18-25(37-21)38-29-27(36)26(28-30(39-29)45-20-44-28)22-14-15-41(32(43)47-34(5,6)7)19-24(17-22)48-49(12,13)35(8,9)10/h14,16,18,24H,15,17,19-20H2,1-13H3,(H,37,38,39). The van der Waals surface area contributed by atoms with Crippen LogP contribution in [-0.2, 0) is 13.9 Å². The Hall–Kier alpha value is -3.55. The molecule has 1 atom stereocenters. The highest BCUT2D eigenvalue weighted by molar-refractivity contribution is 6.74. The van der Waals surface area contributed by atoms with Crippen molar-refractivity contribution in [3.63, 3.8) is 0 Å². The molecule has 0 aliphatic carbocycles. The van der Waals surface area contributed by atoms with Crippen LogP contribution in [0.4, 0.5) is 26.9 Å². The monoisotopic (exact) mass is 717 g/mol. The predicted octanol–water partition coefficient (Wildman–Crippen LogP) is 8.70. The molecule has 2 aliphatic rings. The van der Waals surface area contributed by atoms with E-state index in [4.69, 9.17) is 35.0 Å². The van der Waals surface area contributed by atoms with E-state index in [9.17, 15) is 9.59 Å². The molecule has 0 bridgehead atoms. The lowest BCUT2D eigenvalue weighted by atomic mass is 9.99. The smallest absolute Gasteiger partial charge is 0.414 e. The molecular formula is C35H52ClN5O7Si. The van der Waals surface area contributed by atoms with Crippen LogP contribution in [-0.4, -0.2) is 79.6 Å². The molecule has 12 nitrogen and oxygen atoms in total. The Morgan fingerprint density at radius 3 is 2.29 bits per heavy atom. The average Bonchev–Trinajstić information content (AvgIpc) is 3.29. The largest absolute Gasteiger partial charge is 0.451 e. The summed E-state index contributed by atoms with van der Waals surface area (Å²) < 4.78 is 29.9. The summed E-state index contributed by atoms with van der Waals surface area (Å²) in [4.78, 5) is 38.5. The van der Waals surface area contributed by atoms with Gasteiger partial charge in [-0.05, 0) is 84.7 Å². The Morgan fingerprint density at radius 2 is 1.67 bits per heavy atom. The van der Waals surface area contributed by atoms with Gasteiger partial charge in [-0.25, -0.2) is 14.6 Å². The van der Waals surface area contributed by atoms with E-state index in [0.29, 0.717) is 47.3 Å². The fourth-order valence-electron chi connectivity index (χ4n) is 5.02. The average molecular weight is 718 g/mol. The zero-order chi connectivity index (χ0) is 36.7. The van der Waals surface area contributed by atoms with E-state index in [1.54, 1.807) is 24.1 Å². The molecule has 49 heavy (non-hydrogen) atoms. The number of ether oxygens (including phenoxy) is 4. The fourth-order valence-corrected chi connectivity index (χ4v) is 6.66. The van der Waals surface area contributed by atoms with Crippen molar-refractivity contribution in [1.29, 1.82) is 0 Å². The van der Waals surface area contributed by atoms with E-state index < -0.39 is 31.7 Å². The number of amides is 2. The summed E-state index contributed by atoms with van der Waals surface area (Å²) in [5.74, 6) is 1.40. The van der Waals surface area contributed by atoms with Gasteiger partial charge in [0.15, 0.2) is 19.9 Å². The molecule has 0 spiro atoms. The van der Waals surface area contributed by atoms with Crippen molar-refractivity contribution in [3.05, 3.63) is 34.5 Å². The van der Waals surface area contributed by atoms with Gasteiger partial charge >= 0.3 is 12.2 Å². The number of aryl methyl sites for hydroxylation is 1. The van der Waals surface area contributed by atoms with E-state index in [1.807, 2.05) is 54.5 Å². The van der Waals surface area contributed by atoms with Crippen LogP contribution in [0.1, 0.15) is 80.0 Å². The van der Waals surface area contributed by atoms with Gasteiger partial charge in [-0.15, -0.1) is 0 Å². The number of anilines is 3. The van der Waals surface area contributed by atoms with Gasteiger partial charge in [-0.3, -0.25) is 4.90 Å². The lowest BCUT2D eigenvalue weighted by Crippen LogP contribution is -2.48. The molecule has 0 saturated carbocycles. The van der Waals surface area contributed by atoms with Crippen molar-refractivity contribution >= 4 is 55.0 Å². The second kappa shape index (κ2) is 14.0. The predicted molar refractivity (Wildman–Crippen MR) is 195 cm³/mol. The van der Waals surface area contributed by atoms with Crippen LogP contribution in [0.2, 0.25) is 23.2 Å². The number of halogens is 1. The molecule has 2 aromatic heterocycles. The third-order valence-electron chi connectivity index (χ3n) is 8.37. The number of nitrogens with one attached hydrogen (secondary N) is 1. The zero-order valence-corrected chi connectivity index (χ0v) is 32.9. The van der Waals surface area contributed by atoms with Crippen LogP contribution in [0.15, 0.2) is 18.2 Å². The number of hydrogen-bond donors (Lipinski definition) is 1. The summed E-state index contributed by atoms with van der Waals surface area (Å²) in [5.41, 5.74) is 1.35. The molecular weight excluding hydrogens is 666 g/mol. The summed E-state index contributed by atoms with van der Waals surface area (Å²) in [6.45, 7) is 24.3. The lowest BCUT2D eigenvalue weighted by molar-refractivity contribution is 0.0195. The molecule has 0 saturated heterocycles. The number of pyridine rings is 2. The number of carbonyl (C=O) groups is 2. The highest BCUT2D eigenvalue weighted by Crippen LogP contribution is 2.48. The fraction of sp³-hybridized carbons (Fsp3) is 0.600. The molecule has 1 N–H and O–H groups in total. The first-order valence-electron chi connectivity index (χ1n) is 16.5. The minimum absolute atomic E-state index is 0.0240. The summed E-state index contributed by atoms with van der Waals surface area (Å²) in [5, 5.41) is 3.47. The van der Waals surface area contributed by atoms with Gasteiger partial charge in [0, 0.05) is 37.5 Å². The second-order valence-corrected chi connectivity index (χ2v) is 21.2. The van der Waals surface area contributed by atoms with Crippen molar-refractivity contribution in [2.24, 2.45) is 0 Å². The van der Waals surface area contributed by atoms with Crippen molar-refractivity contribution in [2.75, 3.05) is 37.1 Å². The van der Waals surface area contributed by atoms with Crippen LogP contribution < -0.4 is 19.7 Å². The SMILES string of the molecule is Cc1cc(N(C)C(=O)OC(C)(C)C)cc(Nc2nc3c(c(C4=CCN(C(=O)OC(C)(C)C)CC(O[Si](C)(C)C(C)(C)C)C4)c2Cl)OCO3)n1. The second-order valence-electron chi connectivity index (χ2n) is 16.0. The summed E-state index contributed by atoms with van der Waals surface area (Å²) >= 11 is 7.18. The van der Waals surface area contributed by atoms with E-state index in [-0.39, 0.29) is 35.4 Å². The van der Waals surface area contributed by atoms with Gasteiger partial charge in [0.2, 0.25) is 6.79 Å². The number of rotatable bonds is 6. The molecule has 4 heterocycles. The number of hydrogen-bond acceptors (Lipinski definition) is 10. The van der Waals surface area contributed by atoms with Gasteiger partial charge in [-0.1, -0.05) is 38.4 Å². The number of aromatic nitrogens is 2. The molecule has 2 amide bonds. The van der Waals surface area contributed by atoms with E-state index in [2.05, 4.69) is 49.1 Å². The number of nitrogens with zero attached hydrogens (tertiary/aromatic N) is 4. The molecule has 270 valence electrons. The van der Waals surface area contributed by atoms with E-state index in [1.165, 1.54) is 4.90 Å². The Labute approximate surface area is 296 Å². The highest BCUT2D eigenvalue weighted by Gasteiger charge is 2.41. The number of carbonyl (C=O) groups excluding carboxylic acids is 2. The van der Waals surface area contributed by atoms with Gasteiger partial charge < -0.3 is 33.6 Å². The van der Waals surface area contributed by atoms with Crippen molar-refractivity contribution in [1.82, 2.24) is 14.9 Å². The van der Waals surface area contributed by atoms with Gasteiger partial charge in [0.25, 0.3) is 5.88 Å². The van der Waals surface area contributed by atoms with E-state index >= 15 is 0 Å². The summed E-state index contributed by atoms with van der Waals surface area (Å²) in [7, 11) is -0.622. The van der Waals surface area contributed by atoms with Crippen LogP contribution in [0.25, 0.3) is 5.57 Å². The zero-order valence-electron chi connectivity index (χ0n) is 31.2. The maximum atomic E-state index is 13.3. The number of fused-ring (bicyclic) bond motifs is 1. The Morgan fingerprint density at radius 1 is 1.02 bits per heavy atom. The molecule has 1 unspecified atom stereocenters. The molecule has 14 heteroatoms. The summed E-state index contributed by atoms with van der Waals surface area (Å²) in [6, 6.07) is 3.50. The van der Waals surface area contributed by atoms with Crippen molar-refractivity contribution in [2.45, 2.75) is 111 Å². The van der Waals surface area contributed by atoms with Crippen molar-refractivity contribution < 1.29 is 33.0 Å². The van der Waals surface area contributed by atoms with Gasteiger partial charge in [-0.2, -0.15) is 4.98 Å². The van der Waals surface area contributed by atoms with Gasteiger partial charge in [0.05, 0.1) is 16.8 Å². The highest BCUT2D eigenvalue weighted by atomic mass is 35.5. The minimum atomic E-state index is -2.26. The van der Waals surface area contributed by atoms with Gasteiger partial charge in [0.1, 0.15) is 17.0 Å². The maximum absolute atomic E-state index is 13.3. The first kappa shape index (κ1) is 38.3. The van der Waals surface area contributed by atoms with Crippen LogP contribution >= 0.6 is 11.6 Å². The van der Waals surface area contributed by atoms with Crippen LogP contribution in [0.5, 0.6) is 11.6 Å². The Balaban J connectivity index is 1.74. The first-order valence-corrected chi connectivity index (χ1v) is 19.8. The molecule has 4 rings (SSSR count). The van der Waals surface area contributed by atoms with E-state index in [0.717, 1.165) is 5.57 Å². The Bertz CT molecular complexity index is 1610. The topological polar surface area (TPSA) is 125 Å². The third kappa shape index (κ3) is 9.58. The quantitative estimate of drug-likeness (QED) is 0.290. The molecule has 0 aromatic carbocycles. The summed E-state index contributed by atoms with van der Waals surface area (Å²) in [6.07, 6.45) is 1.16. The van der Waals surface area contributed by atoms with Crippen molar-refractivity contribution in [3.8, 4) is 11.6 Å². The Kier molecular flexibility index (Phi) is 10.9. The minimum Gasteiger partial charge on any atom is -0.451 e. The molecule has 0 radical (unpaired) electrons. The van der Waals surface area contributed by atoms with Crippen LogP contribution in [0.3, 0.4) is 0 Å². The third-order valence-corrected chi connectivity index (χ3v) is 13.3. The first-order chi connectivity index (χ1) is 22.4. The van der Waals surface area contributed by atoms with Crippen LogP contribution in [0, 0.1) is 6.92 Å². The molecule has 2 aliphatic heterocycles.